The number of benzene rings is 3. The lowest BCUT2D eigenvalue weighted by Crippen LogP contribution is -2.67. The van der Waals surface area contributed by atoms with Crippen LogP contribution in [0.3, 0.4) is 0 Å². The molecule has 0 bridgehead atoms. The Bertz CT molecular complexity index is 1190. The Labute approximate surface area is 212 Å². The Hall–Kier alpha value is -2.82. The van der Waals surface area contributed by atoms with Crippen LogP contribution in [0.2, 0.25) is 5.04 Å². The molecule has 0 aromatic heterocycles. The Balaban J connectivity index is 2.05. The molecule has 3 aromatic carbocycles. The van der Waals surface area contributed by atoms with Crippen LogP contribution in [0, 0.1) is 6.92 Å². The monoisotopic (exact) mass is 487 g/mol. The van der Waals surface area contributed by atoms with Gasteiger partial charge < -0.3 is 14.4 Å². The Morgan fingerprint density at radius 1 is 0.857 bits per heavy atom. The summed E-state index contributed by atoms with van der Waals surface area (Å²) in [6.45, 7) is 20.4. The smallest absolute Gasteiger partial charge is 0.261 e. The highest BCUT2D eigenvalue weighted by molar-refractivity contribution is 6.99. The van der Waals surface area contributed by atoms with Crippen molar-refractivity contribution in [2.24, 2.45) is 0 Å². The number of aliphatic hydroxyl groups excluding tert-OH is 1. The van der Waals surface area contributed by atoms with Crippen LogP contribution in [0.1, 0.15) is 47.1 Å². The van der Waals surface area contributed by atoms with Crippen molar-refractivity contribution in [3.8, 4) is 0 Å². The molecule has 0 radical (unpaired) electrons. The minimum absolute atomic E-state index is 0.0922. The number of hydrogen-bond donors (Lipinski definition) is 1. The average molecular weight is 488 g/mol. The molecule has 0 heterocycles. The Morgan fingerprint density at radius 2 is 1.37 bits per heavy atom. The van der Waals surface area contributed by atoms with Gasteiger partial charge in [-0.2, -0.15) is 0 Å². The van der Waals surface area contributed by atoms with Gasteiger partial charge in [0.05, 0.1) is 6.61 Å². The number of aryl methyl sites for hydroxylation is 1. The van der Waals surface area contributed by atoms with Crippen molar-refractivity contribution in [2.45, 2.75) is 59.0 Å². The summed E-state index contributed by atoms with van der Waals surface area (Å²) in [6, 6.07) is 27.3. The molecule has 3 aromatic rings. The molecule has 0 unspecified atom stereocenters. The maximum Gasteiger partial charge on any atom is 0.261 e. The van der Waals surface area contributed by atoms with Gasteiger partial charge in [0, 0.05) is 17.3 Å². The van der Waals surface area contributed by atoms with Gasteiger partial charge >= 0.3 is 0 Å². The van der Waals surface area contributed by atoms with Crippen molar-refractivity contribution >= 4 is 31.2 Å². The molecule has 1 N–H and O–H groups in total. The molecule has 4 heteroatoms. The van der Waals surface area contributed by atoms with Crippen molar-refractivity contribution in [3.05, 3.63) is 94.9 Å². The molecule has 0 saturated heterocycles. The molecule has 0 saturated carbocycles. The van der Waals surface area contributed by atoms with E-state index in [9.17, 15) is 5.11 Å². The third kappa shape index (κ3) is 5.71. The van der Waals surface area contributed by atoms with Gasteiger partial charge in [-0.25, -0.2) is 0 Å². The van der Waals surface area contributed by atoms with E-state index in [2.05, 4.69) is 109 Å². The largest absolute Gasteiger partial charge is 0.494 e. The first-order chi connectivity index (χ1) is 16.4. The first-order valence-electron chi connectivity index (χ1n) is 12.4. The van der Waals surface area contributed by atoms with E-state index in [4.69, 9.17) is 4.43 Å². The molecule has 0 atom stereocenters. The van der Waals surface area contributed by atoms with Crippen LogP contribution >= 0.6 is 0 Å². The van der Waals surface area contributed by atoms with Gasteiger partial charge in [0.2, 0.25) is 0 Å². The lowest BCUT2D eigenvalue weighted by atomic mass is 10.1. The molecule has 0 aliphatic rings. The third-order valence-electron chi connectivity index (χ3n) is 6.62. The number of nitrogens with zero attached hydrogens (tertiary/aromatic N) is 1. The second-order valence-corrected chi connectivity index (χ2v) is 15.6. The van der Waals surface area contributed by atoms with Gasteiger partial charge in [-0.3, -0.25) is 0 Å². The number of rotatable bonds is 7. The van der Waals surface area contributed by atoms with Gasteiger partial charge in [-0.1, -0.05) is 106 Å². The summed E-state index contributed by atoms with van der Waals surface area (Å²) >= 11 is 0. The summed E-state index contributed by atoms with van der Waals surface area (Å²) < 4.78 is 7.09. The van der Waals surface area contributed by atoms with Gasteiger partial charge in [-0.15, -0.1) is 0 Å². The predicted octanol–water partition coefficient (Wildman–Crippen LogP) is 4.71. The Morgan fingerprint density at radius 3 is 1.83 bits per heavy atom. The lowest BCUT2D eigenvalue weighted by molar-refractivity contribution is 0.136. The summed E-state index contributed by atoms with van der Waals surface area (Å²) in [5, 5.41) is 15.4. The highest BCUT2D eigenvalue weighted by Gasteiger charge is 2.50. The van der Waals surface area contributed by atoms with E-state index in [0.29, 0.717) is 13.2 Å². The van der Waals surface area contributed by atoms with Crippen molar-refractivity contribution in [1.82, 2.24) is 4.90 Å². The van der Waals surface area contributed by atoms with Gasteiger partial charge in [0.15, 0.2) is 5.88 Å². The van der Waals surface area contributed by atoms with Gasteiger partial charge in [0.25, 0.3) is 8.32 Å². The van der Waals surface area contributed by atoms with Crippen LogP contribution in [0.15, 0.2) is 78.9 Å². The highest BCUT2D eigenvalue weighted by atomic mass is 28.4. The third-order valence-corrected chi connectivity index (χ3v) is 11.7. The summed E-state index contributed by atoms with van der Waals surface area (Å²) in [5.41, 5.74) is 0.797. The van der Waals surface area contributed by atoms with E-state index in [1.165, 1.54) is 10.4 Å². The van der Waals surface area contributed by atoms with Crippen LogP contribution < -0.4 is 20.8 Å². The van der Waals surface area contributed by atoms with E-state index >= 15 is 0 Å². The molecule has 0 amide bonds. The fourth-order valence-electron chi connectivity index (χ4n) is 4.85. The van der Waals surface area contributed by atoms with Gasteiger partial charge in [0.1, 0.15) is 0 Å². The van der Waals surface area contributed by atoms with E-state index < -0.39 is 8.32 Å². The van der Waals surface area contributed by atoms with Crippen molar-refractivity contribution in [3.63, 3.8) is 0 Å². The zero-order valence-electron chi connectivity index (χ0n) is 22.4. The van der Waals surface area contributed by atoms with E-state index in [1.807, 2.05) is 30.0 Å². The van der Waals surface area contributed by atoms with Crippen molar-refractivity contribution < 1.29 is 9.53 Å². The Kier molecular flexibility index (Phi) is 7.98. The minimum atomic E-state index is -2.64. The average Bonchev–Trinajstić information content (AvgIpc) is 2.80. The molecule has 35 heavy (non-hydrogen) atoms. The molecule has 186 valence electrons. The summed E-state index contributed by atoms with van der Waals surface area (Å²) in [6.07, 6.45) is 0. The van der Waals surface area contributed by atoms with Crippen LogP contribution in [0.25, 0.3) is 12.5 Å². The van der Waals surface area contributed by atoms with Crippen LogP contribution in [-0.2, 0) is 4.43 Å². The maximum atomic E-state index is 11.4. The van der Waals surface area contributed by atoms with Crippen LogP contribution in [0.4, 0.5) is 0 Å². The molecule has 3 nitrogen and oxygen atoms in total. The van der Waals surface area contributed by atoms with Crippen LogP contribution in [-0.4, -0.2) is 37.0 Å². The second-order valence-electron chi connectivity index (χ2n) is 11.3. The first-order valence-corrected chi connectivity index (χ1v) is 14.3. The maximum absolute atomic E-state index is 11.4. The minimum Gasteiger partial charge on any atom is -0.494 e. The SMILES string of the molecule is C=c1ccc(C)c/c1=C(/O)N(CCO[Si](c1ccccc1)(c1ccccc1)C(C)(C)C)C(C)(C)C. The molecular formula is C31H41NO2Si. The molecule has 0 fully saturated rings. The van der Waals surface area contributed by atoms with E-state index in [1.54, 1.807) is 0 Å². The molecule has 0 spiro atoms. The fourth-order valence-corrected chi connectivity index (χ4v) is 9.41. The van der Waals surface area contributed by atoms with E-state index in [0.717, 1.165) is 16.0 Å². The zero-order chi connectivity index (χ0) is 25.9. The number of aliphatic hydroxyl groups is 1. The summed E-state index contributed by atoms with van der Waals surface area (Å²) in [5.74, 6) is 0.247. The molecule has 3 rings (SSSR count). The molecular weight excluding hydrogens is 446 g/mol. The second kappa shape index (κ2) is 10.4. The lowest BCUT2D eigenvalue weighted by Gasteiger charge is -2.44. The standard InChI is InChI=1S/C31H41NO2Si/c1-24-19-20-25(2)28(23-24)29(33)32(30(3,4)5)21-22-34-35(31(6,7)8,26-15-11-9-12-16-26)27-17-13-10-14-18-27/h9-20,23,33H,2,21-22H2,1,3-8H3/b29-28-. The van der Waals surface area contributed by atoms with Crippen LogP contribution in [0.5, 0.6) is 0 Å². The summed E-state index contributed by atoms with van der Waals surface area (Å²) in [4.78, 5) is 2.04. The van der Waals surface area contributed by atoms with Gasteiger partial charge in [-0.05, 0) is 54.4 Å². The normalized spacial score (nSPS) is 13.5. The summed E-state index contributed by atoms with van der Waals surface area (Å²) in [7, 11) is -2.64. The number of hydrogen-bond acceptors (Lipinski definition) is 3. The van der Waals surface area contributed by atoms with E-state index in [-0.39, 0.29) is 16.5 Å². The predicted molar refractivity (Wildman–Crippen MR) is 152 cm³/mol. The topological polar surface area (TPSA) is 32.7 Å². The molecule has 0 aliphatic heterocycles. The highest BCUT2D eigenvalue weighted by Crippen LogP contribution is 2.36. The van der Waals surface area contributed by atoms with Crippen molar-refractivity contribution in [1.29, 1.82) is 0 Å². The first kappa shape index (κ1) is 26.8. The fraction of sp³-hybridized carbons (Fsp3) is 0.355. The van der Waals surface area contributed by atoms with Crippen molar-refractivity contribution in [2.75, 3.05) is 13.2 Å². The molecule has 0 aliphatic carbocycles. The quantitative estimate of drug-likeness (QED) is 0.490. The zero-order valence-corrected chi connectivity index (χ0v) is 23.4.